The molecule has 2 aliphatic heterocycles. The largest absolute Gasteiger partial charge is 0.384 e. The fourth-order valence-electron chi connectivity index (χ4n) is 5.30. The van der Waals surface area contributed by atoms with E-state index in [9.17, 15) is 19.2 Å². The van der Waals surface area contributed by atoms with Crippen LogP contribution in [-0.4, -0.2) is 18.2 Å². The second kappa shape index (κ2) is 7.76. The fourth-order valence-corrected chi connectivity index (χ4v) is 5.47. The van der Waals surface area contributed by atoms with E-state index in [0.717, 1.165) is 0 Å². The number of para-hydroxylation sites is 1. The molecule has 0 aromatic heterocycles. The van der Waals surface area contributed by atoms with Crippen molar-refractivity contribution in [1.82, 2.24) is 0 Å². The van der Waals surface area contributed by atoms with Crippen molar-refractivity contribution in [2.24, 2.45) is 5.73 Å². The summed E-state index contributed by atoms with van der Waals surface area (Å²) in [7, 11) is 0. The highest BCUT2D eigenvalue weighted by Crippen LogP contribution is 2.56. The highest BCUT2D eigenvalue weighted by Gasteiger charge is 2.62. The molecule has 0 saturated carbocycles. The van der Waals surface area contributed by atoms with Crippen LogP contribution in [0.4, 0.5) is 15.8 Å². The van der Waals surface area contributed by atoms with Gasteiger partial charge in [0.1, 0.15) is 23.1 Å². The second-order valence-electron chi connectivity index (χ2n) is 8.27. The van der Waals surface area contributed by atoms with E-state index in [1.165, 1.54) is 23.1 Å². The first kappa shape index (κ1) is 21.8. The van der Waals surface area contributed by atoms with E-state index in [1.807, 2.05) is 0 Å². The van der Waals surface area contributed by atoms with Gasteiger partial charge in [0.25, 0.3) is 0 Å². The van der Waals surface area contributed by atoms with Crippen LogP contribution in [0.3, 0.4) is 0 Å². The highest BCUT2D eigenvalue weighted by atomic mass is 35.5. The molecule has 168 valence electrons. The van der Waals surface area contributed by atoms with Gasteiger partial charge in [-0.2, -0.15) is 5.26 Å². The first-order valence-corrected chi connectivity index (χ1v) is 11.0. The van der Waals surface area contributed by atoms with Gasteiger partial charge in [-0.25, -0.2) is 4.39 Å². The second-order valence-corrected chi connectivity index (χ2v) is 8.67. The number of terminal acetylenes is 1. The Kier molecular flexibility index (Phi) is 4.97. The minimum atomic E-state index is -1.70. The van der Waals surface area contributed by atoms with Crippen LogP contribution < -0.4 is 15.5 Å². The zero-order valence-corrected chi connectivity index (χ0v) is 18.7. The monoisotopic (exact) mass is 472 g/mol. The molecule has 1 amide bonds. The molecule has 2 aromatic carbocycles. The van der Waals surface area contributed by atoms with Crippen molar-refractivity contribution < 1.29 is 14.0 Å². The van der Waals surface area contributed by atoms with Crippen molar-refractivity contribution in [2.75, 3.05) is 16.3 Å². The molecule has 6 nitrogen and oxygen atoms in total. The number of rotatable bonds is 2. The first-order valence-electron chi connectivity index (χ1n) is 10.6. The van der Waals surface area contributed by atoms with Crippen molar-refractivity contribution >= 4 is 34.7 Å². The van der Waals surface area contributed by atoms with Crippen LogP contribution in [0, 0.1) is 29.5 Å². The molecule has 1 spiro atoms. The number of fused-ring (bicyclic) bond motifs is 3. The minimum Gasteiger partial charge on any atom is -0.384 e. The van der Waals surface area contributed by atoms with Crippen LogP contribution in [0.25, 0.3) is 0 Å². The van der Waals surface area contributed by atoms with E-state index < -0.39 is 17.1 Å². The van der Waals surface area contributed by atoms with Gasteiger partial charge in [0.2, 0.25) is 5.91 Å². The summed E-state index contributed by atoms with van der Waals surface area (Å²) >= 11 is 6.03. The first-order chi connectivity index (χ1) is 16.4. The lowest BCUT2D eigenvalue weighted by Crippen LogP contribution is -2.52. The number of carbonyl (C=O) groups is 2. The molecule has 5 rings (SSSR count). The predicted molar refractivity (Wildman–Crippen MR) is 126 cm³/mol. The third-order valence-electron chi connectivity index (χ3n) is 6.59. The summed E-state index contributed by atoms with van der Waals surface area (Å²) in [6.45, 7) is -0.0235. The fraction of sp³-hybridized carbons (Fsp3) is 0.192. The smallest absolute Gasteiger partial charge is 0.248 e. The molecule has 34 heavy (non-hydrogen) atoms. The molecule has 2 N–H and O–H groups in total. The van der Waals surface area contributed by atoms with Gasteiger partial charge in [-0.05, 0) is 37.1 Å². The summed E-state index contributed by atoms with van der Waals surface area (Å²) < 4.78 is 13.9. The molecule has 1 atom stereocenters. The Balaban J connectivity index is 1.88. The van der Waals surface area contributed by atoms with E-state index in [4.69, 9.17) is 23.8 Å². The number of nitrogens with zero attached hydrogens (tertiary/aromatic N) is 3. The summed E-state index contributed by atoms with van der Waals surface area (Å²) in [6.07, 6.45) is 6.74. The maximum absolute atomic E-state index is 14.1. The zero-order valence-electron chi connectivity index (χ0n) is 17.9. The molecule has 0 saturated heterocycles. The Labute approximate surface area is 200 Å². The van der Waals surface area contributed by atoms with Crippen LogP contribution in [0.5, 0.6) is 0 Å². The number of halogens is 2. The van der Waals surface area contributed by atoms with Gasteiger partial charge in [0.15, 0.2) is 5.78 Å². The van der Waals surface area contributed by atoms with Crippen molar-refractivity contribution in [2.45, 2.75) is 24.7 Å². The van der Waals surface area contributed by atoms with Crippen LogP contribution in [0.2, 0.25) is 5.02 Å². The number of nitrogens with two attached hydrogens (primary N) is 1. The molecule has 8 heteroatoms. The van der Waals surface area contributed by atoms with Gasteiger partial charge in [0.05, 0.1) is 17.1 Å². The number of benzene rings is 2. The van der Waals surface area contributed by atoms with E-state index in [0.29, 0.717) is 35.5 Å². The average molecular weight is 473 g/mol. The molecule has 0 fully saturated rings. The maximum Gasteiger partial charge on any atom is 0.248 e. The number of hydrogen-bond acceptors (Lipinski definition) is 5. The van der Waals surface area contributed by atoms with Crippen LogP contribution in [0.1, 0.15) is 24.8 Å². The quantitative estimate of drug-likeness (QED) is 0.669. The van der Waals surface area contributed by atoms with E-state index >= 15 is 0 Å². The molecule has 0 radical (unpaired) electrons. The van der Waals surface area contributed by atoms with Gasteiger partial charge >= 0.3 is 0 Å². The van der Waals surface area contributed by atoms with Crippen molar-refractivity contribution in [3.63, 3.8) is 0 Å². The number of ketones is 1. The average Bonchev–Trinajstić information content (AvgIpc) is 3.06. The standard InChI is InChI=1S/C26H18ClFN4O2/c1-2-12-31-20-7-4-3-6-16(20)26(25(31)34)17(14-29)24(30)32(15-10-11-19(28)18(27)13-15)21-8-5-9-22(33)23(21)26/h1,3-4,6-7,10-11,13H,5,8-9,12,30H2. The third-order valence-corrected chi connectivity index (χ3v) is 6.88. The topological polar surface area (TPSA) is 90.4 Å². The van der Waals surface area contributed by atoms with E-state index in [2.05, 4.69) is 12.0 Å². The Bertz CT molecular complexity index is 1430. The van der Waals surface area contributed by atoms with Crippen molar-refractivity contribution in [3.05, 3.63) is 81.5 Å². The lowest BCUT2D eigenvalue weighted by Gasteiger charge is -2.43. The SMILES string of the molecule is C#CCN1C(=O)C2(C(C#N)=C(N)N(c3ccc(F)c(Cl)c3)C3=C2C(=O)CCC3)c2ccccc21. The van der Waals surface area contributed by atoms with Crippen LogP contribution in [0.15, 0.2) is 65.1 Å². The Morgan fingerprint density at radius 2 is 1.97 bits per heavy atom. The summed E-state index contributed by atoms with van der Waals surface area (Å²) in [6, 6.07) is 13.1. The summed E-state index contributed by atoms with van der Waals surface area (Å²) in [5.74, 6) is 1.14. The predicted octanol–water partition coefficient (Wildman–Crippen LogP) is 3.92. The molecular weight excluding hydrogens is 455 g/mol. The molecule has 1 unspecified atom stereocenters. The van der Waals surface area contributed by atoms with Crippen LogP contribution in [-0.2, 0) is 15.0 Å². The Morgan fingerprint density at radius 3 is 2.68 bits per heavy atom. The number of nitriles is 1. The molecule has 3 aliphatic rings. The number of hydrogen-bond donors (Lipinski definition) is 1. The van der Waals surface area contributed by atoms with Gasteiger partial charge in [0, 0.05) is 34.6 Å². The summed E-state index contributed by atoms with van der Waals surface area (Å²) in [5.41, 5.74) is 6.96. The summed E-state index contributed by atoms with van der Waals surface area (Å²) in [5, 5.41) is 10.2. The Morgan fingerprint density at radius 1 is 1.21 bits per heavy atom. The van der Waals surface area contributed by atoms with Crippen molar-refractivity contribution in [1.29, 1.82) is 5.26 Å². The van der Waals surface area contributed by atoms with Gasteiger partial charge in [-0.3, -0.25) is 19.4 Å². The molecular formula is C26H18ClFN4O2. The van der Waals surface area contributed by atoms with Gasteiger partial charge in [-0.1, -0.05) is 35.7 Å². The van der Waals surface area contributed by atoms with E-state index in [1.54, 1.807) is 29.2 Å². The maximum atomic E-state index is 14.1. The lowest BCUT2D eigenvalue weighted by atomic mass is 9.64. The number of amides is 1. The summed E-state index contributed by atoms with van der Waals surface area (Å²) in [4.78, 5) is 30.6. The molecule has 2 aromatic rings. The highest BCUT2D eigenvalue weighted by molar-refractivity contribution is 6.31. The normalized spacial score (nSPS) is 21.5. The van der Waals surface area contributed by atoms with E-state index in [-0.39, 0.29) is 40.7 Å². The van der Waals surface area contributed by atoms with Crippen molar-refractivity contribution in [3.8, 4) is 18.4 Å². The number of anilines is 2. The number of allylic oxidation sites excluding steroid dienone is 1. The van der Waals surface area contributed by atoms with Crippen LogP contribution >= 0.6 is 11.6 Å². The Hall–Kier alpha value is -4.07. The number of carbonyl (C=O) groups excluding carboxylic acids is 2. The lowest BCUT2D eigenvalue weighted by molar-refractivity contribution is -0.124. The zero-order chi connectivity index (χ0) is 24.2. The van der Waals surface area contributed by atoms with Gasteiger partial charge < -0.3 is 5.73 Å². The molecule has 1 aliphatic carbocycles. The molecule has 0 bridgehead atoms. The number of Topliss-reactive ketones (excluding diaryl/α,β-unsaturated/α-hetero) is 1. The minimum absolute atomic E-state index is 0.00987. The third kappa shape index (κ3) is 2.68. The molecule has 2 heterocycles. The van der Waals surface area contributed by atoms with Gasteiger partial charge in [-0.15, -0.1) is 6.42 Å².